The Bertz CT molecular complexity index is 445. The van der Waals surface area contributed by atoms with Gasteiger partial charge in [-0.25, -0.2) is 0 Å². The highest BCUT2D eigenvalue weighted by Gasteiger charge is 2.32. The fourth-order valence-electron chi connectivity index (χ4n) is 2.60. The van der Waals surface area contributed by atoms with Gasteiger partial charge in [-0.2, -0.15) is 0 Å². The molecule has 1 saturated carbocycles. The Kier molecular flexibility index (Phi) is 3.95. The fraction of sp³-hybridized carbons (Fsp3) is 0.538. The third kappa shape index (κ3) is 2.85. The van der Waals surface area contributed by atoms with E-state index in [0.717, 1.165) is 31.4 Å². The van der Waals surface area contributed by atoms with Crippen LogP contribution in [0.2, 0.25) is 10.0 Å². The van der Waals surface area contributed by atoms with E-state index in [4.69, 9.17) is 28.9 Å². The average Bonchev–Trinajstić information content (AvgIpc) is 2.70. The number of anilines is 2. The predicted octanol–water partition coefficient (Wildman–Crippen LogP) is 3.32. The van der Waals surface area contributed by atoms with E-state index in [9.17, 15) is 5.11 Å². The first-order valence-electron chi connectivity index (χ1n) is 6.09. The minimum absolute atomic E-state index is 0.450. The maximum absolute atomic E-state index is 10.4. The monoisotopic (exact) mass is 288 g/mol. The van der Waals surface area contributed by atoms with E-state index in [1.54, 1.807) is 12.1 Å². The van der Waals surface area contributed by atoms with Crippen molar-refractivity contribution in [1.29, 1.82) is 0 Å². The number of halogens is 2. The summed E-state index contributed by atoms with van der Waals surface area (Å²) < 4.78 is 0. The molecule has 0 saturated heterocycles. The van der Waals surface area contributed by atoms with Crippen LogP contribution in [0, 0.1) is 0 Å². The van der Waals surface area contributed by atoms with Gasteiger partial charge in [-0.05, 0) is 25.0 Å². The summed E-state index contributed by atoms with van der Waals surface area (Å²) >= 11 is 11.9. The number of hydrogen-bond donors (Lipinski definition) is 2. The predicted molar refractivity (Wildman–Crippen MR) is 77.6 cm³/mol. The molecule has 2 rings (SSSR count). The molecule has 18 heavy (non-hydrogen) atoms. The Balaban J connectivity index is 2.18. The highest BCUT2D eigenvalue weighted by atomic mass is 35.5. The van der Waals surface area contributed by atoms with E-state index in [1.807, 2.05) is 11.9 Å². The number of nitrogen functional groups attached to an aromatic ring is 1. The Morgan fingerprint density at radius 1 is 1.28 bits per heavy atom. The van der Waals surface area contributed by atoms with E-state index in [1.165, 1.54) is 0 Å². The van der Waals surface area contributed by atoms with Crippen molar-refractivity contribution in [3.05, 3.63) is 22.2 Å². The van der Waals surface area contributed by atoms with Crippen LogP contribution >= 0.6 is 23.2 Å². The van der Waals surface area contributed by atoms with Gasteiger partial charge in [0.2, 0.25) is 0 Å². The lowest BCUT2D eigenvalue weighted by molar-refractivity contribution is 0.0559. The molecule has 3 N–H and O–H groups in total. The SMILES string of the molecule is CN(CC1(O)CCCC1)c1cc(Cl)c(Cl)cc1N. The number of nitrogens with two attached hydrogens (primary N) is 1. The number of benzene rings is 1. The summed E-state index contributed by atoms with van der Waals surface area (Å²) in [4.78, 5) is 1.95. The van der Waals surface area contributed by atoms with Crippen molar-refractivity contribution < 1.29 is 5.11 Å². The zero-order chi connectivity index (χ0) is 13.3. The van der Waals surface area contributed by atoms with Gasteiger partial charge in [0, 0.05) is 13.6 Å². The molecule has 100 valence electrons. The number of nitrogens with zero attached hydrogens (tertiary/aromatic N) is 1. The topological polar surface area (TPSA) is 49.5 Å². The van der Waals surface area contributed by atoms with E-state index >= 15 is 0 Å². The normalized spacial score (nSPS) is 18.0. The smallest absolute Gasteiger partial charge is 0.0821 e. The van der Waals surface area contributed by atoms with Crippen LogP contribution in [0.15, 0.2) is 12.1 Å². The van der Waals surface area contributed by atoms with Crippen LogP contribution in [0.5, 0.6) is 0 Å². The molecular weight excluding hydrogens is 271 g/mol. The quantitative estimate of drug-likeness (QED) is 0.839. The molecule has 0 radical (unpaired) electrons. The zero-order valence-electron chi connectivity index (χ0n) is 10.4. The summed E-state index contributed by atoms with van der Waals surface area (Å²) in [5, 5.41) is 11.3. The second kappa shape index (κ2) is 5.16. The van der Waals surface area contributed by atoms with Crippen molar-refractivity contribution in [1.82, 2.24) is 0 Å². The molecule has 0 unspecified atom stereocenters. The Hall–Kier alpha value is -0.640. The van der Waals surface area contributed by atoms with Crippen LogP contribution in [0.1, 0.15) is 25.7 Å². The molecule has 1 aromatic rings. The summed E-state index contributed by atoms with van der Waals surface area (Å²) in [5.74, 6) is 0. The van der Waals surface area contributed by atoms with Gasteiger partial charge in [-0.1, -0.05) is 36.0 Å². The van der Waals surface area contributed by atoms with Crippen LogP contribution in [-0.4, -0.2) is 24.3 Å². The van der Waals surface area contributed by atoms with Gasteiger partial charge in [0.25, 0.3) is 0 Å². The molecule has 0 atom stereocenters. The van der Waals surface area contributed by atoms with Gasteiger partial charge < -0.3 is 15.7 Å². The van der Waals surface area contributed by atoms with Crippen molar-refractivity contribution in [2.45, 2.75) is 31.3 Å². The van der Waals surface area contributed by atoms with E-state index in [-0.39, 0.29) is 0 Å². The highest BCUT2D eigenvalue weighted by Crippen LogP contribution is 2.35. The molecule has 0 heterocycles. The standard InChI is InChI=1S/C13H18Cl2N2O/c1-17(8-13(18)4-2-3-5-13)12-7-10(15)9(14)6-11(12)16/h6-7,18H,2-5,8,16H2,1H3. The van der Waals surface area contributed by atoms with Crippen LogP contribution in [-0.2, 0) is 0 Å². The first-order valence-corrected chi connectivity index (χ1v) is 6.85. The average molecular weight is 289 g/mol. The van der Waals surface area contributed by atoms with Crippen molar-refractivity contribution in [3.63, 3.8) is 0 Å². The maximum Gasteiger partial charge on any atom is 0.0821 e. The van der Waals surface area contributed by atoms with Gasteiger partial charge in [0.15, 0.2) is 0 Å². The van der Waals surface area contributed by atoms with Gasteiger partial charge in [0.1, 0.15) is 0 Å². The summed E-state index contributed by atoms with van der Waals surface area (Å²) in [7, 11) is 1.91. The largest absolute Gasteiger partial charge is 0.397 e. The van der Waals surface area contributed by atoms with Crippen molar-refractivity contribution >= 4 is 34.6 Å². The molecule has 1 fully saturated rings. The Morgan fingerprint density at radius 2 is 1.83 bits per heavy atom. The number of aliphatic hydroxyl groups is 1. The molecule has 1 aromatic carbocycles. The Labute approximate surface area is 117 Å². The van der Waals surface area contributed by atoms with Gasteiger partial charge in [-0.15, -0.1) is 0 Å². The first kappa shape index (κ1) is 13.8. The Morgan fingerprint density at radius 3 is 2.44 bits per heavy atom. The molecule has 0 aromatic heterocycles. The lowest BCUT2D eigenvalue weighted by Crippen LogP contribution is -2.39. The van der Waals surface area contributed by atoms with Crippen LogP contribution in [0.4, 0.5) is 11.4 Å². The number of likely N-dealkylation sites (N-methyl/N-ethyl adjacent to an activating group) is 1. The van der Waals surface area contributed by atoms with E-state index in [2.05, 4.69) is 0 Å². The van der Waals surface area contributed by atoms with Gasteiger partial charge >= 0.3 is 0 Å². The first-order chi connectivity index (χ1) is 8.41. The molecule has 5 heteroatoms. The third-order valence-electron chi connectivity index (χ3n) is 3.55. The van der Waals surface area contributed by atoms with Crippen molar-refractivity contribution in [2.24, 2.45) is 0 Å². The third-order valence-corrected chi connectivity index (χ3v) is 4.27. The van der Waals surface area contributed by atoms with Crippen LogP contribution < -0.4 is 10.6 Å². The van der Waals surface area contributed by atoms with Crippen molar-refractivity contribution in [2.75, 3.05) is 24.2 Å². The summed E-state index contributed by atoms with van der Waals surface area (Å²) in [6, 6.07) is 3.39. The lowest BCUT2D eigenvalue weighted by atomic mass is 10.0. The molecular formula is C13H18Cl2N2O. The van der Waals surface area contributed by atoms with Crippen molar-refractivity contribution in [3.8, 4) is 0 Å². The summed E-state index contributed by atoms with van der Waals surface area (Å²) in [6.07, 6.45) is 3.86. The lowest BCUT2D eigenvalue weighted by Gasteiger charge is -2.30. The van der Waals surface area contributed by atoms with Gasteiger partial charge in [-0.3, -0.25) is 0 Å². The van der Waals surface area contributed by atoms with Gasteiger partial charge in [0.05, 0.1) is 27.0 Å². The molecule has 0 bridgehead atoms. The molecule has 1 aliphatic rings. The van der Waals surface area contributed by atoms with E-state index in [0.29, 0.717) is 22.3 Å². The van der Waals surface area contributed by atoms with Crippen LogP contribution in [0.25, 0.3) is 0 Å². The second-order valence-electron chi connectivity index (χ2n) is 5.11. The second-order valence-corrected chi connectivity index (χ2v) is 5.93. The maximum atomic E-state index is 10.4. The molecule has 1 aliphatic carbocycles. The van der Waals surface area contributed by atoms with Crippen LogP contribution in [0.3, 0.4) is 0 Å². The molecule has 3 nitrogen and oxygen atoms in total. The summed E-state index contributed by atoms with van der Waals surface area (Å²) in [5.41, 5.74) is 6.73. The molecule has 0 aliphatic heterocycles. The zero-order valence-corrected chi connectivity index (χ0v) is 11.9. The summed E-state index contributed by atoms with van der Waals surface area (Å²) in [6.45, 7) is 0.565. The highest BCUT2D eigenvalue weighted by molar-refractivity contribution is 6.42. The fourth-order valence-corrected chi connectivity index (χ4v) is 2.93. The van der Waals surface area contributed by atoms with E-state index < -0.39 is 5.60 Å². The number of hydrogen-bond acceptors (Lipinski definition) is 3. The number of rotatable bonds is 3. The minimum atomic E-state index is -0.604. The minimum Gasteiger partial charge on any atom is -0.397 e. The molecule has 0 amide bonds. The molecule has 0 spiro atoms.